The van der Waals surface area contributed by atoms with Gasteiger partial charge in [-0.25, -0.2) is 0 Å². The first-order valence-corrected chi connectivity index (χ1v) is 6.91. The highest BCUT2D eigenvalue weighted by Crippen LogP contribution is 2.20. The molecule has 5 nitrogen and oxygen atoms in total. The topological polar surface area (TPSA) is 59.9 Å². The Morgan fingerprint density at radius 3 is 2.89 bits per heavy atom. The molecule has 0 amide bonds. The van der Waals surface area contributed by atoms with Crippen LogP contribution < -0.4 is 10.1 Å². The maximum Gasteiger partial charge on any atom is 0.322 e. The van der Waals surface area contributed by atoms with E-state index in [1.165, 1.54) is 0 Å². The van der Waals surface area contributed by atoms with Gasteiger partial charge in [-0.05, 0) is 36.2 Å². The molecule has 7 heteroatoms. The zero-order valence-electron chi connectivity index (χ0n) is 10.2. The van der Waals surface area contributed by atoms with Gasteiger partial charge >= 0.3 is 6.01 Å². The third-order valence-electron chi connectivity index (χ3n) is 2.10. The number of hydrogen-bond acceptors (Lipinski definition) is 5. The number of halogens is 2. The van der Waals surface area contributed by atoms with Gasteiger partial charge in [-0.1, -0.05) is 28.9 Å². The van der Waals surface area contributed by atoms with Gasteiger partial charge in [0.1, 0.15) is 0 Å². The van der Waals surface area contributed by atoms with Crippen LogP contribution in [0.2, 0.25) is 5.28 Å². The molecular formula is C12H12BrClN4O. The fourth-order valence-corrected chi connectivity index (χ4v) is 1.89. The van der Waals surface area contributed by atoms with Crippen LogP contribution in [0.3, 0.4) is 0 Å². The number of nitrogens with zero attached hydrogens (tertiary/aromatic N) is 3. The summed E-state index contributed by atoms with van der Waals surface area (Å²) in [6.45, 7) is 2.54. The van der Waals surface area contributed by atoms with E-state index in [4.69, 9.17) is 16.3 Å². The van der Waals surface area contributed by atoms with E-state index >= 15 is 0 Å². The zero-order valence-corrected chi connectivity index (χ0v) is 12.6. The maximum absolute atomic E-state index is 5.83. The van der Waals surface area contributed by atoms with Crippen molar-refractivity contribution in [1.29, 1.82) is 0 Å². The lowest BCUT2D eigenvalue weighted by atomic mass is 10.3. The molecule has 0 unspecified atom stereocenters. The Balaban J connectivity index is 2.17. The van der Waals surface area contributed by atoms with Crippen molar-refractivity contribution in [2.45, 2.75) is 13.3 Å². The van der Waals surface area contributed by atoms with Crippen LogP contribution >= 0.6 is 27.5 Å². The number of rotatable bonds is 5. The molecule has 0 aliphatic heterocycles. The first kappa shape index (κ1) is 14.0. The molecule has 2 rings (SSSR count). The Labute approximate surface area is 124 Å². The van der Waals surface area contributed by atoms with Crippen molar-refractivity contribution in [3.05, 3.63) is 34.0 Å². The second kappa shape index (κ2) is 6.68. The molecule has 0 spiro atoms. The van der Waals surface area contributed by atoms with Crippen molar-refractivity contribution in [2.24, 2.45) is 0 Å². The van der Waals surface area contributed by atoms with Crippen LogP contribution in [0.1, 0.15) is 13.3 Å². The van der Waals surface area contributed by atoms with E-state index in [2.05, 4.69) is 36.2 Å². The molecule has 0 fully saturated rings. The van der Waals surface area contributed by atoms with Crippen LogP contribution in [0.5, 0.6) is 6.01 Å². The van der Waals surface area contributed by atoms with Gasteiger partial charge in [-0.15, -0.1) is 0 Å². The molecule has 0 saturated carbocycles. The van der Waals surface area contributed by atoms with Crippen LogP contribution in [0.15, 0.2) is 28.7 Å². The number of aromatic nitrogens is 3. The van der Waals surface area contributed by atoms with Crippen LogP contribution in [0.25, 0.3) is 0 Å². The molecule has 2 aromatic rings. The average Bonchev–Trinajstić information content (AvgIpc) is 2.35. The van der Waals surface area contributed by atoms with Gasteiger partial charge in [0, 0.05) is 10.2 Å². The van der Waals surface area contributed by atoms with Gasteiger partial charge in [0.25, 0.3) is 0 Å². The van der Waals surface area contributed by atoms with Crippen molar-refractivity contribution >= 4 is 39.2 Å². The lowest BCUT2D eigenvalue weighted by molar-refractivity contribution is 0.292. The molecule has 1 aromatic heterocycles. The quantitative estimate of drug-likeness (QED) is 0.894. The number of benzene rings is 1. The monoisotopic (exact) mass is 342 g/mol. The van der Waals surface area contributed by atoms with Gasteiger partial charge in [-0.3, -0.25) is 0 Å². The Bertz CT molecular complexity index is 567. The second-order valence-corrected chi connectivity index (χ2v) is 4.95. The Kier molecular flexibility index (Phi) is 4.93. The van der Waals surface area contributed by atoms with Crippen molar-refractivity contribution in [3.63, 3.8) is 0 Å². The third kappa shape index (κ3) is 4.33. The number of ether oxygens (including phenoxy) is 1. The molecule has 0 saturated heterocycles. The standard InChI is InChI=1S/C12H12BrClN4O/c1-2-6-19-12-17-10(14)16-11(18-12)15-9-5-3-4-8(13)7-9/h3-5,7H,2,6H2,1H3,(H,15,16,17,18). The largest absolute Gasteiger partial charge is 0.463 e. The summed E-state index contributed by atoms with van der Waals surface area (Å²) < 4.78 is 6.30. The predicted octanol–water partition coefficient (Wildman–Crippen LogP) is 3.82. The Hall–Kier alpha value is -1.40. The smallest absolute Gasteiger partial charge is 0.322 e. The predicted molar refractivity (Wildman–Crippen MR) is 78.0 cm³/mol. The molecule has 100 valence electrons. The number of hydrogen-bond donors (Lipinski definition) is 1. The highest BCUT2D eigenvalue weighted by molar-refractivity contribution is 9.10. The van der Waals surface area contributed by atoms with Crippen molar-refractivity contribution in [2.75, 3.05) is 11.9 Å². The fourth-order valence-electron chi connectivity index (χ4n) is 1.34. The molecule has 1 heterocycles. The van der Waals surface area contributed by atoms with E-state index < -0.39 is 0 Å². The SMILES string of the molecule is CCCOc1nc(Cl)nc(Nc2cccc(Br)c2)n1. The van der Waals surface area contributed by atoms with Gasteiger partial charge in [-0.2, -0.15) is 15.0 Å². The molecular weight excluding hydrogens is 332 g/mol. The van der Waals surface area contributed by atoms with Crippen LogP contribution in [0, 0.1) is 0 Å². The molecule has 0 bridgehead atoms. The van der Waals surface area contributed by atoms with E-state index in [0.29, 0.717) is 12.6 Å². The van der Waals surface area contributed by atoms with Crippen LogP contribution in [-0.2, 0) is 0 Å². The third-order valence-corrected chi connectivity index (χ3v) is 2.77. The molecule has 0 aliphatic carbocycles. The number of anilines is 2. The highest BCUT2D eigenvalue weighted by atomic mass is 79.9. The minimum atomic E-state index is 0.0959. The summed E-state index contributed by atoms with van der Waals surface area (Å²) in [7, 11) is 0. The summed E-state index contributed by atoms with van der Waals surface area (Å²) in [6, 6.07) is 7.86. The van der Waals surface area contributed by atoms with Crippen LogP contribution in [0.4, 0.5) is 11.6 Å². The van der Waals surface area contributed by atoms with E-state index in [1.54, 1.807) is 0 Å². The summed E-state index contributed by atoms with van der Waals surface area (Å²) in [5.74, 6) is 0.351. The van der Waals surface area contributed by atoms with Crippen molar-refractivity contribution in [1.82, 2.24) is 15.0 Å². The summed E-state index contributed by atoms with van der Waals surface area (Å²) in [5, 5.41) is 3.14. The second-order valence-electron chi connectivity index (χ2n) is 3.69. The summed E-state index contributed by atoms with van der Waals surface area (Å²) >= 11 is 9.23. The molecule has 19 heavy (non-hydrogen) atoms. The minimum Gasteiger partial charge on any atom is -0.463 e. The van der Waals surface area contributed by atoms with Crippen molar-refractivity contribution in [3.8, 4) is 6.01 Å². The van der Waals surface area contributed by atoms with E-state index in [9.17, 15) is 0 Å². The lowest BCUT2D eigenvalue weighted by Crippen LogP contribution is -2.04. The summed E-state index contributed by atoms with van der Waals surface area (Å²) in [5.41, 5.74) is 0.845. The minimum absolute atomic E-state index is 0.0959. The molecule has 0 radical (unpaired) electrons. The van der Waals surface area contributed by atoms with E-state index in [0.717, 1.165) is 16.6 Å². The molecule has 1 aromatic carbocycles. The Morgan fingerprint density at radius 1 is 1.32 bits per heavy atom. The van der Waals surface area contributed by atoms with Crippen molar-refractivity contribution < 1.29 is 4.74 Å². The molecule has 1 N–H and O–H groups in total. The summed E-state index contributed by atoms with van der Waals surface area (Å²) in [6.07, 6.45) is 0.873. The van der Waals surface area contributed by atoms with Gasteiger partial charge in [0.05, 0.1) is 6.61 Å². The average molecular weight is 344 g/mol. The zero-order chi connectivity index (χ0) is 13.7. The molecule has 0 aliphatic rings. The first-order valence-electron chi connectivity index (χ1n) is 5.74. The first-order chi connectivity index (χ1) is 9.17. The van der Waals surface area contributed by atoms with Gasteiger partial charge in [0.15, 0.2) is 0 Å². The Morgan fingerprint density at radius 2 is 2.16 bits per heavy atom. The fraction of sp³-hybridized carbons (Fsp3) is 0.250. The summed E-state index contributed by atoms with van der Waals surface area (Å²) in [4.78, 5) is 12.0. The lowest BCUT2D eigenvalue weighted by Gasteiger charge is -2.07. The van der Waals surface area contributed by atoms with Crippen LogP contribution in [-0.4, -0.2) is 21.6 Å². The van der Waals surface area contributed by atoms with E-state index in [1.807, 2.05) is 31.2 Å². The van der Waals surface area contributed by atoms with Gasteiger partial charge in [0.2, 0.25) is 11.2 Å². The maximum atomic E-state index is 5.83. The normalized spacial score (nSPS) is 10.3. The van der Waals surface area contributed by atoms with Gasteiger partial charge < -0.3 is 10.1 Å². The molecule has 0 atom stereocenters. The number of nitrogens with one attached hydrogen (secondary N) is 1. The highest BCUT2D eigenvalue weighted by Gasteiger charge is 2.06. The van der Waals surface area contributed by atoms with E-state index in [-0.39, 0.29) is 11.3 Å².